The number of carbonyl (C=O) groups is 2. The number of amides is 2. The smallest absolute Gasteiger partial charge is 0.417 e. The molecule has 2 aromatic rings. The number of carbonyl (C=O) groups excluding carboxylic acids is 2. The number of unbranched alkanes of at least 4 members (excludes halogenated alkanes) is 1. The van der Waals surface area contributed by atoms with E-state index in [0.717, 1.165) is 30.4 Å². The molecule has 4 heteroatoms. The minimum atomic E-state index is -0.541. The van der Waals surface area contributed by atoms with Crippen LogP contribution >= 0.6 is 0 Å². The third kappa shape index (κ3) is 5.52. The van der Waals surface area contributed by atoms with Crippen LogP contribution in [0.2, 0.25) is 0 Å². The monoisotopic (exact) mass is 417 g/mol. The van der Waals surface area contributed by atoms with E-state index in [1.165, 1.54) is 4.90 Å². The molecule has 4 nitrogen and oxygen atoms in total. The zero-order valence-corrected chi connectivity index (χ0v) is 18.2. The highest BCUT2D eigenvalue weighted by Gasteiger charge is 2.45. The van der Waals surface area contributed by atoms with Gasteiger partial charge >= 0.3 is 6.09 Å². The molecule has 0 spiro atoms. The molecule has 0 N–H and O–H groups in total. The van der Waals surface area contributed by atoms with E-state index in [1.807, 2.05) is 72.8 Å². The molecule has 2 atom stereocenters. The van der Waals surface area contributed by atoms with Gasteiger partial charge < -0.3 is 4.74 Å². The molecule has 0 bridgehead atoms. The van der Waals surface area contributed by atoms with Crippen LogP contribution in [0.1, 0.15) is 49.7 Å². The quantitative estimate of drug-likeness (QED) is 0.439. The molecule has 0 aromatic heterocycles. The first-order valence-electron chi connectivity index (χ1n) is 11.0. The minimum Gasteiger partial charge on any atom is -0.447 e. The van der Waals surface area contributed by atoms with E-state index in [4.69, 9.17) is 4.74 Å². The number of cyclic esters (lactones) is 1. The molecule has 162 valence electrons. The maximum atomic E-state index is 13.6. The summed E-state index contributed by atoms with van der Waals surface area (Å²) in [4.78, 5) is 27.7. The predicted octanol–water partition coefficient (Wildman–Crippen LogP) is 6.10. The van der Waals surface area contributed by atoms with Crippen molar-refractivity contribution >= 4 is 12.0 Å². The Labute approximate surface area is 185 Å². The molecule has 0 aliphatic carbocycles. The zero-order valence-electron chi connectivity index (χ0n) is 18.2. The van der Waals surface area contributed by atoms with Crippen molar-refractivity contribution in [3.05, 3.63) is 96.6 Å². The number of rotatable bonds is 10. The van der Waals surface area contributed by atoms with E-state index in [0.29, 0.717) is 6.42 Å². The number of nitrogens with zero attached hydrogens (tertiary/aromatic N) is 1. The molecule has 3 rings (SSSR count). The van der Waals surface area contributed by atoms with Crippen molar-refractivity contribution in [3.8, 4) is 0 Å². The topological polar surface area (TPSA) is 46.6 Å². The molecule has 0 saturated carbocycles. The predicted molar refractivity (Wildman–Crippen MR) is 124 cm³/mol. The van der Waals surface area contributed by atoms with Crippen LogP contribution in [0.25, 0.3) is 0 Å². The lowest BCUT2D eigenvalue weighted by atomic mass is 9.84. The summed E-state index contributed by atoms with van der Waals surface area (Å²) in [6.45, 7) is 6.00. The standard InChI is InChI=1S/C27H31NO3/c1-3-5-9-19-23(14-6-4-2)26(29)28-24(20-31-27(28)30)25(21-15-10-7-11-16-21)22-17-12-8-13-18-22/h3,5,7-13,15-18,23-25H,1,4,6,14,19-20H2,2H3/b9-5+/t23-,24-/m0/s1. The summed E-state index contributed by atoms with van der Waals surface area (Å²) in [6, 6.07) is 19.7. The van der Waals surface area contributed by atoms with E-state index in [9.17, 15) is 9.59 Å². The first kappa shape index (κ1) is 22.5. The van der Waals surface area contributed by atoms with Gasteiger partial charge in [-0.25, -0.2) is 9.69 Å². The maximum Gasteiger partial charge on any atom is 0.417 e. The molecule has 0 unspecified atom stereocenters. The van der Waals surface area contributed by atoms with E-state index >= 15 is 0 Å². The minimum absolute atomic E-state index is 0.145. The highest BCUT2D eigenvalue weighted by molar-refractivity contribution is 5.95. The van der Waals surface area contributed by atoms with Gasteiger partial charge in [0.1, 0.15) is 6.61 Å². The molecule has 0 radical (unpaired) electrons. The number of ether oxygens (including phenoxy) is 1. The Morgan fingerprint density at radius 2 is 1.74 bits per heavy atom. The normalized spacial score (nSPS) is 17.2. The maximum absolute atomic E-state index is 13.6. The highest BCUT2D eigenvalue weighted by Crippen LogP contribution is 2.35. The second-order valence-electron chi connectivity index (χ2n) is 7.89. The molecule has 2 amide bonds. The summed E-state index contributed by atoms with van der Waals surface area (Å²) >= 11 is 0. The Morgan fingerprint density at radius 3 is 2.29 bits per heavy atom. The summed E-state index contributed by atoms with van der Waals surface area (Å²) in [5, 5.41) is 0. The fourth-order valence-electron chi connectivity index (χ4n) is 4.22. The molecule has 1 heterocycles. The average Bonchev–Trinajstić information content (AvgIpc) is 3.18. The second kappa shape index (κ2) is 11.3. The van der Waals surface area contributed by atoms with Gasteiger partial charge in [0.2, 0.25) is 5.91 Å². The highest BCUT2D eigenvalue weighted by atomic mass is 16.6. The Hall–Kier alpha value is -3.14. The summed E-state index contributed by atoms with van der Waals surface area (Å²) in [5.41, 5.74) is 2.12. The first-order chi connectivity index (χ1) is 15.2. The Bertz CT molecular complexity index is 852. The Balaban J connectivity index is 1.95. The number of imide groups is 1. The van der Waals surface area contributed by atoms with Crippen LogP contribution in [0.5, 0.6) is 0 Å². The lowest BCUT2D eigenvalue weighted by Gasteiger charge is -2.30. The zero-order chi connectivity index (χ0) is 22.1. The number of hydrogen-bond donors (Lipinski definition) is 0. The molecule has 1 saturated heterocycles. The van der Waals surface area contributed by atoms with Crippen molar-refractivity contribution in [1.82, 2.24) is 4.90 Å². The van der Waals surface area contributed by atoms with E-state index < -0.39 is 6.09 Å². The summed E-state index contributed by atoms with van der Waals surface area (Å²) in [5.74, 6) is -0.545. The molecular weight excluding hydrogens is 386 g/mol. The number of benzene rings is 2. The fourth-order valence-corrected chi connectivity index (χ4v) is 4.22. The van der Waals surface area contributed by atoms with Crippen LogP contribution in [-0.4, -0.2) is 29.5 Å². The van der Waals surface area contributed by atoms with Gasteiger partial charge in [0.25, 0.3) is 0 Å². The van der Waals surface area contributed by atoms with E-state index in [2.05, 4.69) is 13.5 Å². The van der Waals surface area contributed by atoms with Crippen molar-refractivity contribution in [1.29, 1.82) is 0 Å². The molecule has 31 heavy (non-hydrogen) atoms. The lowest BCUT2D eigenvalue weighted by molar-refractivity contribution is -0.133. The molecular formula is C27H31NO3. The molecule has 1 aliphatic heterocycles. The number of allylic oxidation sites excluding steroid dienone is 3. The van der Waals surface area contributed by atoms with Gasteiger partial charge in [0.05, 0.1) is 6.04 Å². The number of hydrogen-bond acceptors (Lipinski definition) is 3. The van der Waals surface area contributed by atoms with Gasteiger partial charge in [-0.3, -0.25) is 4.79 Å². The SMILES string of the molecule is C=C/C=C/C[C@H](CCCC)C(=O)N1C(=O)OC[C@H]1C(c1ccccc1)c1ccccc1. The first-order valence-corrected chi connectivity index (χ1v) is 11.0. The van der Waals surface area contributed by atoms with Crippen LogP contribution in [0, 0.1) is 5.92 Å². The van der Waals surface area contributed by atoms with Crippen LogP contribution in [0.3, 0.4) is 0 Å². The van der Waals surface area contributed by atoms with Gasteiger partial charge in [-0.05, 0) is 24.0 Å². The lowest BCUT2D eigenvalue weighted by Crippen LogP contribution is -2.45. The van der Waals surface area contributed by atoms with Crippen molar-refractivity contribution in [2.24, 2.45) is 5.92 Å². The van der Waals surface area contributed by atoms with Gasteiger partial charge in [0.15, 0.2) is 0 Å². The molecule has 1 aliphatic rings. The third-order valence-corrected chi connectivity index (χ3v) is 5.79. The largest absolute Gasteiger partial charge is 0.447 e. The fraction of sp³-hybridized carbons (Fsp3) is 0.333. The van der Waals surface area contributed by atoms with Gasteiger partial charge in [-0.1, -0.05) is 105 Å². The summed E-state index contributed by atoms with van der Waals surface area (Å²) < 4.78 is 5.44. The second-order valence-corrected chi connectivity index (χ2v) is 7.89. The van der Waals surface area contributed by atoms with E-state index in [1.54, 1.807) is 6.08 Å². The van der Waals surface area contributed by atoms with Gasteiger partial charge in [0, 0.05) is 11.8 Å². The van der Waals surface area contributed by atoms with Crippen LogP contribution in [0.4, 0.5) is 4.79 Å². The average molecular weight is 418 g/mol. The van der Waals surface area contributed by atoms with Gasteiger partial charge in [-0.15, -0.1) is 0 Å². The molecule has 1 fully saturated rings. The van der Waals surface area contributed by atoms with Gasteiger partial charge in [-0.2, -0.15) is 0 Å². The summed E-state index contributed by atoms with van der Waals surface area (Å²) in [6.07, 6.45) is 8.23. The van der Waals surface area contributed by atoms with Crippen molar-refractivity contribution in [3.63, 3.8) is 0 Å². The summed E-state index contributed by atoms with van der Waals surface area (Å²) in [7, 11) is 0. The Kier molecular flexibility index (Phi) is 8.22. The molecule has 2 aromatic carbocycles. The van der Waals surface area contributed by atoms with Crippen molar-refractivity contribution in [2.45, 2.75) is 44.6 Å². The van der Waals surface area contributed by atoms with Crippen LogP contribution in [-0.2, 0) is 9.53 Å². The van der Waals surface area contributed by atoms with Crippen LogP contribution in [0.15, 0.2) is 85.5 Å². The Morgan fingerprint density at radius 1 is 1.13 bits per heavy atom. The third-order valence-electron chi connectivity index (χ3n) is 5.79. The van der Waals surface area contributed by atoms with E-state index in [-0.39, 0.29) is 30.4 Å². The van der Waals surface area contributed by atoms with Crippen molar-refractivity contribution < 1.29 is 14.3 Å². The van der Waals surface area contributed by atoms with Crippen LogP contribution < -0.4 is 0 Å². The van der Waals surface area contributed by atoms with Crippen molar-refractivity contribution in [2.75, 3.05) is 6.61 Å².